The van der Waals surface area contributed by atoms with E-state index in [1.807, 2.05) is 6.92 Å². The van der Waals surface area contributed by atoms with E-state index in [-0.39, 0.29) is 5.92 Å². The second-order valence-electron chi connectivity index (χ2n) is 2.20. The Balaban J connectivity index is 3.65. The lowest BCUT2D eigenvalue weighted by Crippen LogP contribution is -1.91. The van der Waals surface area contributed by atoms with Crippen LogP contribution in [0.15, 0.2) is 24.8 Å². The Morgan fingerprint density at radius 2 is 2.40 bits per heavy atom. The maximum Gasteiger partial charge on any atom is 0.327 e. The number of hydrogen-bond acceptors (Lipinski definition) is 1. The highest BCUT2D eigenvalue weighted by molar-refractivity contribution is 5.79. The van der Waals surface area contributed by atoms with Crippen LogP contribution in [0.2, 0.25) is 0 Å². The SMILES string of the molecule is C=CCC(C)C=CC(=O)O. The molecule has 0 heterocycles. The summed E-state index contributed by atoms with van der Waals surface area (Å²) >= 11 is 0. The predicted molar refractivity (Wildman–Crippen MR) is 40.8 cm³/mol. The first-order valence-electron chi connectivity index (χ1n) is 3.19. The van der Waals surface area contributed by atoms with Gasteiger partial charge in [-0.05, 0) is 12.3 Å². The van der Waals surface area contributed by atoms with Gasteiger partial charge in [0.05, 0.1) is 0 Å². The van der Waals surface area contributed by atoms with E-state index in [2.05, 4.69) is 6.58 Å². The molecule has 1 unspecified atom stereocenters. The Bertz CT molecular complexity index is 147. The number of aliphatic carboxylic acids is 1. The van der Waals surface area contributed by atoms with E-state index in [1.165, 1.54) is 0 Å². The van der Waals surface area contributed by atoms with Gasteiger partial charge in [-0.25, -0.2) is 4.79 Å². The van der Waals surface area contributed by atoms with Crippen LogP contribution in [-0.4, -0.2) is 11.1 Å². The molecule has 2 heteroatoms. The molecule has 0 saturated carbocycles. The van der Waals surface area contributed by atoms with Crippen molar-refractivity contribution in [3.05, 3.63) is 24.8 Å². The van der Waals surface area contributed by atoms with Gasteiger partial charge in [0, 0.05) is 6.08 Å². The molecule has 0 aliphatic heterocycles. The third-order valence-corrected chi connectivity index (χ3v) is 1.11. The quantitative estimate of drug-likeness (QED) is 0.478. The molecule has 0 aromatic heterocycles. The summed E-state index contributed by atoms with van der Waals surface area (Å²) in [5.41, 5.74) is 0. The van der Waals surface area contributed by atoms with Gasteiger partial charge in [0.1, 0.15) is 0 Å². The van der Waals surface area contributed by atoms with Crippen LogP contribution in [0.4, 0.5) is 0 Å². The predicted octanol–water partition coefficient (Wildman–Crippen LogP) is 1.84. The van der Waals surface area contributed by atoms with Crippen molar-refractivity contribution in [3.8, 4) is 0 Å². The standard InChI is InChI=1S/C8H12O2/c1-3-4-7(2)5-6-8(9)10/h3,5-7H,1,4H2,2H3,(H,9,10). The molecule has 0 radical (unpaired) electrons. The van der Waals surface area contributed by atoms with E-state index >= 15 is 0 Å². The summed E-state index contributed by atoms with van der Waals surface area (Å²) in [6.07, 6.45) is 5.42. The average Bonchev–Trinajstić information content (AvgIpc) is 1.85. The minimum Gasteiger partial charge on any atom is -0.478 e. The summed E-state index contributed by atoms with van der Waals surface area (Å²) in [7, 11) is 0. The molecule has 0 bridgehead atoms. The Labute approximate surface area is 60.9 Å². The van der Waals surface area contributed by atoms with Gasteiger partial charge in [0.2, 0.25) is 0 Å². The summed E-state index contributed by atoms with van der Waals surface area (Å²) in [4.78, 5) is 10.00. The van der Waals surface area contributed by atoms with Crippen LogP contribution in [0.5, 0.6) is 0 Å². The Hall–Kier alpha value is -1.05. The van der Waals surface area contributed by atoms with Gasteiger partial charge >= 0.3 is 5.97 Å². The summed E-state index contributed by atoms with van der Waals surface area (Å²) < 4.78 is 0. The number of hydrogen-bond donors (Lipinski definition) is 1. The van der Waals surface area contributed by atoms with Gasteiger partial charge in [-0.2, -0.15) is 0 Å². The van der Waals surface area contributed by atoms with Crippen molar-refractivity contribution >= 4 is 5.97 Å². The summed E-state index contributed by atoms with van der Waals surface area (Å²) in [6, 6.07) is 0. The minimum atomic E-state index is -0.893. The van der Waals surface area contributed by atoms with Gasteiger partial charge in [-0.3, -0.25) is 0 Å². The third-order valence-electron chi connectivity index (χ3n) is 1.11. The van der Waals surface area contributed by atoms with E-state index in [0.29, 0.717) is 0 Å². The molecule has 0 aromatic carbocycles. The maximum absolute atomic E-state index is 10.00. The summed E-state index contributed by atoms with van der Waals surface area (Å²) in [6.45, 7) is 5.49. The van der Waals surface area contributed by atoms with Crippen LogP contribution < -0.4 is 0 Å². The van der Waals surface area contributed by atoms with Crippen LogP contribution in [0.1, 0.15) is 13.3 Å². The van der Waals surface area contributed by atoms with E-state index in [9.17, 15) is 4.79 Å². The molecule has 2 nitrogen and oxygen atoms in total. The highest BCUT2D eigenvalue weighted by Gasteiger charge is 1.93. The second kappa shape index (κ2) is 4.79. The molecule has 56 valence electrons. The van der Waals surface area contributed by atoms with Crippen molar-refractivity contribution in [2.24, 2.45) is 5.92 Å². The van der Waals surface area contributed by atoms with Crippen LogP contribution in [0.3, 0.4) is 0 Å². The van der Waals surface area contributed by atoms with E-state index in [1.54, 1.807) is 12.2 Å². The highest BCUT2D eigenvalue weighted by Crippen LogP contribution is 2.02. The molecule has 0 fully saturated rings. The third kappa shape index (κ3) is 5.09. The van der Waals surface area contributed by atoms with Gasteiger partial charge in [-0.15, -0.1) is 6.58 Å². The van der Waals surface area contributed by atoms with Gasteiger partial charge in [0.25, 0.3) is 0 Å². The summed E-state index contributed by atoms with van der Waals surface area (Å²) in [5, 5.41) is 8.22. The van der Waals surface area contributed by atoms with E-state index < -0.39 is 5.97 Å². The molecular formula is C8H12O2. The molecule has 1 atom stereocenters. The number of carboxylic acids is 1. The highest BCUT2D eigenvalue weighted by atomic mass is 16.4. The lowest BCUT2D eigenvalue weighted by Gasteiger charge is -1.97. The molecule has 0 amide bonds. The van der Waals surface area contributed by atoms with E-state index in [0.717, 1.165) is 12.5 Å². The molecule has 0 spiro atoms. The fraction of sp³-hybridized carbons (Fsp3) is 0.375. The second-order valence-corrected chi connectivity index (χ2v) is 2.20. The average molecular weight is 140 g/mol. The number of allylic oxidation sites excluding steroid dienone is 2. The molecule has 0 aliphatic carbocycles. The molecule has 0 aliphatic rings. The molecule has 1 N–H and O–H groups in total. The van der Waals surface area contributed by atoms with Crippen LogP contribution in [-0.2, 0) is 4.79 Å². The smallest absolute Gasteiger partial charge is 0.327 e. The Morgan fingerprint density at radius 3 is 2.80 bits per heavy atom. The number of rotatable bonds is 4. The molecular weight excluding hydrogens is 128 g/mol. The van der Waals surface area contributed by atoms with Crippen molar-refractivity contribution in [1.29, 1.82) is 0 Å². The van der Waals surface area contributed by atoms with Crippen molar-refractivity contribution in [2.45, 2.75) is 13.3 Å². The van der Waals surface area contributed by atoms with Gasteiger partial charge in [-0.1, -0.05) is 19.1 Å². The van der Waals surface area contributed by atoms with Crippen LogP contribution >= 0.6 is 0 Å². The van der Waals surface area contributed by atoms with Crippen LogP contribution in [0.25, 0.3) is 0 Å². The van der Waals surface area contributed by atoms with Crippen LogP contribution in [0, 0.1) is 5.92 Å². The van der Waals surface area contributed by atoms with Crippen molar-refractivity contribution in [2.75, 3.05) is 0 Å². The fourth-order valence-electron chi connectivity index (χ4n) is 0.588. The Kier molecular flexibility index (Phi) is 4.29. The zero-order valence-electron chi connectivity index (χ0n) is 6.08. The Morgan fingerprint density at radius 1 is 1.80 bits per heavy atom. The molecule has 0 rings (SSSR count). The zero-order chi connectivity index (χ0) is 7.98. The van der Waals surface area contributed by atoms with Crippen molar-refractivity contribution < 1.29 is 9.90 Å². The fourth-order valence-corrected chi connectivity index (χ4v) is 0.588. The molecule has 0 saturated heterocycles. The van der Waals surface area contributed by atoms with Gasteiger partial charge < -0.3 is 5.11 Å². The lowest BCUT2D eigenvalue weighted by molar-refractivity contribution is -0.131. The first-order chi connectivity index (χ1) is 4.66. The van der Waals surface area contributed by atoms with E-state index in [4.69, 9.17) is 5.11 Å². The lowest BCUT2D eigenvalue weighted by atomic mass is 10.1. The maximum atomic E-state index is 10.00. The zero-order valence-corrected chi connectivity index (χ0v) is 6.08. The molecule has 10 heavy (non-hydrogen) atoms. The largest absolute Gasteiger partial charge is 0.478 e. The monoisotopic (exact) mass is 140 g/mol. The first-order valence-corrected chi connectivity index (χ1v) is 3.19. The van der Waals surface area contributed by atoms with Crippen molar-refractivity contribution in [1.82, 2.24) is 0 Å². The number of carbonyl (C=O) groups is 1. The summed E-state index contributed by atoms with van der Waals surface area (Å²) in [5.74, 6) is -0.621. The normalized spacial score (nSPS) is 13.3. The minimum absolute atomic E-state index is 0.272. The topological polar surface area (TPSA) is 37.3 Å². The number of carboxylic acid groups (broad SMARTS) is 1. The molecule has 0 aromatic rings. The van der Waals surface area contributed by atoms with Crippen molar-refractivity contribution in [3.63, 3.8) is 0 Å². The van der Waals surface area contributed by atoms with Gasteiger partial charge in [0.15, 0.2) is 0 Å². The first kappa shape index (κ1) is 8.95.